The fourth-order valence-corrected chi connectivity index (χ4v) is 2.65. The maximum atomic E-state index is 11.9. The average molecular weight is 306 g/mol. The van der Waals surface area contributed by atoms with Gasteiger partial charge in [-0.1, -0.05) is 0 Å². The van der Waals surface area contributed by atoms with E-state index in [9.17, 15) is 4.79 Å². The highest BCUT2D eigenvalue weighted by Gasteiger charge is 2.24. The van der Waals surface area contributed by atoms with Crippen LogP contribution in [0.4, 0.5) is 0 Å². The molecule has 1 rings (SSSR count). The molecule has 16 heavy (non-hydrogen) atoms. The van der Waals surface area contributed by atoms with E-state index in [4.69, 9.17) is 5.11 Å². The van der Waals surface area contributed by atoms with Crippen molar-refractivity contribution in [1.29, 1.82) is 0 Å². The van der Waals surface area contributed by atoms with E-state index in [1.165, 1.54) is 0 Å². The minimum absolute atomic E-state index is 0.0617. The largest absolute Gasteiger partial charge is 0.394 e. The first-order chi connectivity index (χ1) is 7.35. The number of amides is 1. The molecule has 5 heteroatoms. The minimum Gasteiger partial charge on any atom is -0.394 e. The summed E-state index contributed by atoms with van der Waals surface area (Å²) in [7, 11) is 0. The number of hydrogen-bond acceptors (Lipinski definition) is 3. The second-order valence-corrected chi connectivity index (χ2v) is 6.89. The summed E-state index contributed by atoms with van der Waals surface area (Å²) in [5.41, 5.74) is -0.570. The van der Waals surface area contributed by atoms with Crippen molar-refractivity contribution in [3.8, 4) is 0 Å². The second kappa shape index (κ2) is 5.29. The number of nitrogens with one attached hydrogen (secondary N) is 1. The summed E-state index contributed by atoms with van der Waals surface area (Å²) < 4.78 is 1.02. The molecule has 0 aliphatic heterocycles. The van der Waals surface area contributed by atoms with E-state index in [1.54, 1.807) is 25.2 Å². The number of hydrogen-bond donors (Lipinski definition) is 2. The molecule has 0 spiro atoms. The summed E-state index contributed by atoms with van der Waals surface area (Å²) in [6.45, 7) is 5.38. The Bertz CT molecular complexity index is 376. The van der Waals surface area contributed by atoms with E-state index < -0.39 is 5.54 Å². The van der Waals surface area contributed by atoms with Gasteiger partial charge >= 0.3 is 0 Å². The normalized spacial score (nSPS) is 13.6. The van der Waals surface area contributed by atoms with Crippen LogP contribution in [0.1, 0.15) is 31.6 Å². The van der Waals surface area contributed by atoms with Crippen LogP contribution < -0.4 is 5.32 Å². The van der Waals surface area contributed by atoms with Gasteiger partial charge in [-0.15, -0.1) is 11.3 Å². The predicted octanol–water partition coefficient (Wildman–Crippen LogP) is 2.50. The molecule has 90 valence electrons. The molecule has 1 aromatic rings. The molecule has 1 unspecified atom stereocenters. The Labute approximate surface area is 108 Å². The number of carbonyl (C=O) groups excluding carboxylic acids is 1. The van der Waals surface area contributed by atoms with E-state index in [2.05, 4.69) is 21.2 Å². The Morgan fingerprint density at radius 1 is 1.62 bits per heavy atom. The Kier molecular flexibility index (Phi) is 4.52. The Morgan fingerprint density at radius 3 is 2.69 bits per heavy atom. The first kappa shape index (κ1) is 13.7. The Balaban J connectivity index is 2.68. The van der Waals surface area contributed by atoms with E-state index in [1.807, 2.05) is 19.1 Å². The van der Waals surface area contributed by atoms with Crippen molar-refractivity contribution in [2.45, 2.75) is 32.2 Å². The number of carbonyl (C=O) groups is 1. The molecule has 0 aliphatic carbocycles. The van der Waals surface area contributed by atoms with Gasteiger partial charge in [0.1, 0.15) is 0 Å². The lowest BCUT2D eigenvalue weighted by molar-refractivity contribution is -0.124. The van der Waals surface area contributed by atoms with Crippen LogP contribution in [-0.4, -0.2) is 23.2 Å². The highest BCUT2D eigenvalue weighted by molar-refractivity contribution is 9.11. The van der Waals surface area contributed by atoms with E-state index in [0.29, 0.717) is 0 Å². The molecule has 0 fully saturated rings. The van der Waals surface area contributed by atoms with Gasteiger partial charge < -0.3 is 10.4 Å². The van der Waals surface area contributed by atoms with Gasteiger partial charge in [-0.2, -0.15) is 0 Å². The molecule has 2 N–H and O–H groups in total. The van der Waals surface area contributed by atoms with Gasteiger partial charge in [0.05, 0.1) is 21.9 Å². The minimum atomic E-state index is -0.570. The zero-order chi connectivity index (χ0) is 12.3. The fraction of sp³-hybridized carbons (Fsp3) is 0.545. The van der Waals surface area contributed by atoms with Crippen LogP contribution in [0.2, 0.25) is 0 Å². The van der Waals surface area contributed by atoms with Crippen LogP contribution in [0.3, 0.4) is 0 Å². The smallest absolute Gasteiger partial charge is 0.228 e. The van der Waals surface area contributed by atoms with Gasteiger partial charge in [0.15, 0.2) is 0 Å². The number of rotatable bonds is 4. The number of thiophene rings is 1. The molecule has 1 amide bonds. The van der Waals surface area contributed by atoms with Crippen LogP contribution >= 0.6 is 27.3 Å². The lowest BCUT2D eigenvalue weighted by Gasteiger charge is -2.25. The molecule has 0 aliphatic rings. The zero-order valence-corrected chi connectivity index (χ0v) is 12.0. The number of aliphatic hydroxyl groups is 1. The Hall–Kier alpha value is -0.390. The third kappa shape index (κ3) is 3.57. The summed E-state index contributed by atoms with van der Waals surface area (Å²) in [6, 6.07) is 3.87. The highest BCUT2D eigenvalue weighted by Crippen LogP contribution is 2.28. The highest BCUT2D eigenvalue weighted by atomic mass is 79.9. The lowest BCUT2D eigenvalue weighted by Crippen LogP contribution is -2.47. The van der Waals surface area contributed by atoms with Crippen LogP contribution in [0.15, 0.2) is 15.9 Å². The predicted molar refractivity (Wildman–Crippen MR) is 69.7 cm³/mol. The molecule has 0 radical (unpaired) electrons. The fourth-order valence-electron chi connectivity index (χ4n) is 1.17. The van der Waals surface area contributed by atoms with Gasteiger partial charge in [0.2, 0.25) is 5.91 Å². The van der Waals surface area contributed by atoms with Crippen molar-refractivity contribution < 1.29 is 9.90 Å². The van der Waals surface area contributed by atoms with Crippen molar-refractivity contribution in [1.82, 2.24) is 5.32 Å². The average Bonchev–Trinajstić information content (AvgIpc) is 2.63. The molecular weight excluding hydrogens is 290 g/mol. The maximum Gasteiger partial charge on any atom is 0.228 e. The molecule has 1 aromatic heterocycles. The SMILES string of the molecule is CC(C(=O)NC(C)(C)CO)c1ccc(Br)s1. The molecule has 3 nitrogen and oxygen atoms in total. The maximum absolute atomic E-state index is 11.9. The quantitative estimate of drug-likeness (QED) is 0.898. The van der Waals surface area contributed by atoms with Crippen LogP contribution in [0, 0.1) is 0 Å². The van der Waals surface area contributed by atoms with Gasteiger partial charge in [0, 0.05) is 4.88 Å². The number of aliphatic hydroxyl groups excluding tert-OH is 1. The summed E-state index contributed by atoms with van der Waals surface area (Å²) >= 11 is 4.92. The monoisotopic (exact) mass is 305 g/mol. The van der Waals surface area contributed by atoms with Crippen molar-refractivity contribution >= 4 is 33.2 Å². The molecule has 1 heterocycles. The van der Waals surface area contributed by atoms with Gasteiger partial charge in [-0.25, -0.2) is 0 Å². The first-order valence-corrected chi connectivity index (χ1v) is 6.65. The standard InChI is InChI=1S/C11H16BrNO2S/c1-7(8-4-5-9(12)16-8)10(15)13-11(2,3)6-14/h4-5,7,14H,6H2,1-3H3,(H,13,15). The lowest BCUT2D eigenvalue weighted by atomic mass is 10.0. The second-order valence-electron chi connectivity index (χ2n) is 4.39. The van der Waals surface area contributed by atoms with Crippen LogP contribution in [0.25, 0.3) is 0 Å². The summed E-state index contributed by atoms with van der Waals surface area (Å²) in [5.74, 6) is -0.254. The summed E-state index contributed by atoms with van der Waals surface area (Å²) in [6.07, 6.45) is 0. The first-order valence-electron chi connectivity index (χ1n) is 5.04. The van der Waals surface area contributed by atoms with Gasteiger partial charge in [0.25, 0.3) is 0 Å². The summed E-state index contributed by atoms with van der Waals surface area (Å²) in [4.78, 5) is 12.9. The molecule has 0 bridgehead atoms. The van der Waals surface area contributed by atoms with Crippen molar-refractivity contribution in [3.05, 3.63) is 20.8 Å². The van der Waals surface area contributed by atoms with E-state index in [0.717, 1.165) is 8.66 Å². The Morgan fingerprint density at radius 2 is 2.25 bits per heavy atom. The van der Waals surface area contributed by atoms with E-state index >= 15 is 0 Å². The van der Waals surface area contributed by atoms with Crippen LogP contribution in [-0.2, 0) is 4.79 Å². The summed E-state index contributed by atoms with van der Waals surface area (Å²) in [5, 5.41) is 11.9. The zero-order valence-electron chi connectivity index (χ0n) is 9.58. The van der Waals surface area contributed by atoms with E-state index in [-0.39, 0.29) is 18.4 Å². The van der Waals surface area contributed by atoms with Crippen molar-refractivity contribution in [3.63, 3.8) is 0 Å². The van der Waals surface area contributed by atoms with Gasteiger partial charge in [-0.05, 0) is 48.8 Å². The topological polar surface area (TPSA) is 49.3 Å². The molecule has 0 saturated heterocycles. The van der Waals surface area contributed by atoms with Gasteiger partial charge in [-0.3, -0.25) is 4.79 Å². The molecule has 1 atom stereocenters. The molecule has 0 saturated carbocycles. The molecular formula is C11H16BrNO2S. The third-order valence-electron chi connectivity index (χ3n) is 2.27. The number of halogens is 1. The van der Waals surface area contributed by atoms with Crippen molar-refractivity contribution in [2.24, 2.45) is 0 Å². The van der Waals surface area contributed by atoms with Crippen LogP contribution in [0.5, 0.6) is 0 Å². The van der Waals surface area contributed by atoms with Crippen molar-refractivity contribution in [2.75, 3.05) is 6.61 Å². The molecule has 0 aromatic carbocycles. The third-order valence-corrected chi connectivity index (χ3v) is 4.08.